The molecular formula is C25H39IN6O. The molecule has 7 nitrogen and oxygen atoms in total. The Labute approximate surface area is 215 Å². The quantitative estimate of drug-likeness (QED) is 0.328. The minimum Gasteiger partial charge on any atom is -0.361 e. The van der Waals surface area contributed by atoms with Crippen LogP contribution in [0.15, 0.2) is 39.8 Å². The van der Waals surface area contributed by atoms with Crippen molar-refractivity contribution in [1.29, 1.82) is 0 Å². The molecule has 3 heterocycles. The highest BCUT2D eigenvalue weighted by atomic mass is 127. The highest BCUT2D eigenvalue weighted by Gasteiger charge is 2.23. The Hall–Kier alpha value is -1.65. The van der Waals surface area contributed by atoms with Gasteiger partial charge in [-0.25, -0.2) is 0 Å². The molecule has 2 fully saturated rings. The maximum absolute atomic E-state index is 5.19. The average molecular weight is 567 g/mol. The molecule has 1 aromatic heterocycles. The third kappa shape index (κ3) is 7.68. The van der Waals surface area contributed by atoms with E-state index in [1.165, 1.54) is 37.1 Å². The van der Waals surface area contributed by atoms with Gasteiger partial charge in [0.05, 0.1) is 5.69 Å². The summed E-state index contributed by atoms with van der Waals surface area (Å²) in [6.45, 7) is 13.4. The van der Waals surface area contributed by atoms with Crippen LogP contribution in [0.4, 0.5) is 0 Å². The molecule has 0 unspecified atom stereocenters. The number of likely N-dealkylation sites (tertiary alicyclic amines) is 1. The van der Waals surface area contributed by atoms with Gasteiger partial charge in [0.15, 0.2) is 5.96 Å². The van der Waals surface area contributed by atoms with Gasteiger partial charge in [0.2, 0.25) is 0 Å². The summed E-state index contributed by atoms with van der Waals surface area (Å²) in [5, 5.41) is 7.78. The van der Waals surface area contributed by atoms with Crippen LogP contribution in [0, 0.1) is 19.8 Å². The summed E-state index contributed by atoms with van der Waals surface area (Å²) < 4.78 is 5.19. The van der Waals surface area contributed by atoms with Crippen LogP contribution < -0.4 is 5.32 Å². The van der Waals surface area contributed by atoms with Gasteiger partial charge in [-0.3, -0.25) is 14.8 Å². The number of halogens is 1. The van der Waals surface area contributed by atoms with Crippen molar-refractivity contribution >= 4 is 29.9 Å². The standard InChI is InChI=1S/C25H38N6O.HI/c1-20-4-6-23(7-5-20)18-29-10-8-22(9-11-29)17-27-25(26-3)31-14-12-30(13-15-31)19-24-16-21(2)32-28-24;/h4-7,16,22H,8-15,17-19H2,1-3H3,(H,26,27);1H. The highest BCUT2D eigenvalue weighted by molar-refractivity contribution is 14.0. The second-order valence-electron chi connectivity index (χ2n) is 9.33. The van der Waals surface area contributed by atoms with E-state index in [0.29, 0.717) is 0 Å². The van der Waals surface area contributed by atoms with Gasteiger partial charge in [-0.1, -0.05) is 35.0 Å². The van der Waals surface area contributed by atoms with E-state index in [9.17, 15) is 0 Å². The molecule has 2 aromatic rings. The van der Waals surface area contributed by atoms with Gasteiger partial charge in [0, 0.05) is 58.9 Å². The second kappa shape index (κ2) is 12.7. The molecule has 0 atom stereocenters. The number of nitrogens with zero attached hydrogens (tertiary/aromatic N) is 5. The van der Waals surface area contributed by atoms with E-state index in [0.717, 1.165) is 69.1 Å². The molecule has 2 aliphatic rings. The van der Waals surface area contributed by atoms with Gasteiger partial charge in [-0.05, 0) is 51.3 Å². The van der Waals surface area contributed by atoms with Gasteiger partial charge < -0.3 is 14.7 Å². The number of aryl methyl sites for hydroxylation is 2. The second-order valence-corrected chi connectivity index (χ2v) is 9.33. The van der Waals surface area contributed by atoms with Crippen molar-refractivity contribution in [2.75, 3.05) is 52.9 Å². The molecule has 2 saturated heterocycles. The van der Waals surface area contributed by atoms with Gasteiger partial charge in [-0.15, -0.1) is 24.0 Å². The zero-order valence-electron chi connectivity index (χ0n) is 20.3. The van der Waals surface area contributed by atoms with E-state index in [-0.39, 0.29) is 24.0 Å². The zero-order valence-corrected chi connectivity index (χ0v) is 22.6. The lowest BCUT2D eigenvalue weighted by atomic mass is 9.96. The van der Waals surface area contributed by atoms with Crippen molar-refractivity contribution in [2.24, 2.45) is 10.9 Å². The van der Waals surface area contributed by atoms with Crippen LogP contribution in [0.2, 0.25) is 0 Å². The topological polar surface area (TPSA) is 60.1 Å². The predicted octanol–water partition coefficient (Wildman–Crippen LogP) is 3.51. The number of piperazine rings is 1. The Kier molecular flexibility index (Phi) is 10.0. The normalized spacial score (nSPS) is 18.9. The molecule has 0 radical (unpaired) electrons. The summed E-state index contributed by atoms with van der Waals surface area (Å²) in [5.41, 5.74) is 3.77. The molecule has 0 saturated carbocycles. The lowest BCUT2D eigenvalue weighted by molar-refractivity contribution is 0.164. The lowest BCUT2D eigenvalue weighted by Gasteiger charge is -2.37. The molecule has 0 amide bonds. The molecule has 0 aliphatic carbocycles. The summed E-state index contributed by atoms with van der Waals surface area (Å²) in [4.78, 5) is 12.0. The number of nitrogens with one attached hydrogen (secondary N) is 1. The summed E-state index contributed by atoms with van der Waals surface area (Å²) in [6.07, 6.45) is 2.50. The number of hydrogen-bond acceptors (Lipinski definition) is 5. The third-order valence-electron chi connectivity index (χ3n) is 6.73. The van der Waals surface area contributed by atoms with E-state index >= 15 is 0 Å². The number of aliphatic imine (C=N–C) groups is 1. The van der Waals surface area contributed by atoms with Crippen LogP contribution in [0.5, 0.6) is 0 Å². The zero-order chi connectivity index (χ0) is 22.3. The first kappa shape index (κ1) is 26.0. The number of benzene rings is 1. The molecule has 2 aliphatic heterocycles. The Morgan fingerprint density at radius 2 is 1.67 bits per heavy atom. The van der Waals surface area contributed by atoms with E-state index in [1.807, 2.05) is 20.0 Å². The minimum absolute atomic E-state index is 0. The van der Waals surface area contributed by atoms with Crippen LogP contribution in [0.25, 0.3) is 0 Å². The van der Waals surface area contributed by atoms with Gasteiger partial charge in [-0.2, -0.15) is 0 Å². The largest absolute Gasteiger partial charge is 0.361 e. The molecule has 8 heteroatoms. The summed E-state index contributed by atoms with van der Waals surface area (Å²) in [7, 11) is 1.90. The predicted molar refractivity (Wildman–Crippen MR) is 144 cm³/mol. The van der Waals surface area contributed by atoms with Crippen molar-refractivity contribution in [3.63, 3.8) is 0 Å². The van der Waals surface area contributed by atoms with Crippen molar-refractivity contribution in [3.8, 4) is 0 Å². The lowest BCUT2D eigenvalue weighted by Crippen LogP contribution is -2.53. The van der Waals surface area contributed by atoms with Gasteiger partial charge >= 0.3 is 0 Å². The fourth-order valence-corrected chi connectivity index (χ4v) is 4.71. The van der Waals surface area contributed by atoms with Crippen LogP contribution in [-0.4, -0.2) is 78.7 Å². The maximum atomic E-state index is 5.19. The minimum atomic E-state index is 0. The Morgan fingerprint density at radius 3 is 2.27 bits per heavy atom. The van der Waals surface area contributed by atoms with E-state index < -0.39 is 0 Å². The molecule has 1 N–H and O–H groups in total. The first-order valence-electron chi connectivity index (χ1n) is 12.0. The molecule has 182 valence electrons. The average Bonchev–Trinajstić information content (AvgIpc) is 3.22. The van der Waals surface area contributed by atoms with E-state index in [1.54, 1.807) is 0 Å². The first-order chi connectivity index (χ1) is 15.6. The van der Waals surface area contributed by atoms with Gasteiger partial charge in [0.1, 0.15) is 5.76 Å². The SMILES string of the molecule is CN=C(NCC1CCN(Cc2ccc(C)cc2)CC1)N1CCN(Cc2cc(C)on2)CC1.I. The number of piperidine rings is 1. The fourth-order valence-electron chi connectivity index (χ4n) is 4.71. The summed E-state index contributed by atoms with van der Waals surface area (Å²) in [5.74, 6) is 2.64. The summed E-state index contributed by atoms with van der Waals surface area (Å²) >= 11 is 0. The first-order valence-corrected chi connectivity index (χ1v) is 12.0. The number of aromatic nitrogens is 1. The maximum Gasteiger partial charge on any atom is 0.193 e. The number of rotatable bonds is 6. The fraction of sp³-hybridized carbons (Fsp3) is 0.600. The molecule has 0 bridgehead atoms. The van der Waals surface area contributed by atoms with Gasteiger partial charge in [0.25, 0.3) is 0 Å². The third-order valence-corrected chi connectivity index (χ3v) is 6.73. The number of hydrogen-bond donors (Lipinski definition) is 1. The van der Waals surface area contributed by atoms with Crippen molar-refractivity contribution in [1.82, 2.24) is 25.2 Å². The Morgan fingerprint density at radius 1 is 1.00 bits per heavy atom. The van der Waals surface area contributed by atoms with Crippen LogP contribution >= 0.6 is 24.0 Å². The molecule has 33 heavy (non-hydrogen) atoms. The molecule has 4 rings (SSSR count). The summed E-state index contributed by atoms with van der Waals surface area (Å²) in [6, 6.07) is 11.0. The van der Waals surface area contributed by atoms with Crippen LogP contribution in [-0.2, 0) is 13.1 Å². The van der Waals surface area contributed by atoms with E-state index in [4.69, 9.17) is 4.52 Å². The van der Waals surface area contributed by atoms with Crippen LogP contribution in [0.3, 0.4) is 0 Å². The highest BCUT2D eigenvalue weighted by Crippen LogP contribution is 2.19. The van der Waals surface area contributed by atoms with Crippen molar-refractivity contribution < 1.29 is 4.52 Å². The monoisotopic (exact) mass is 566 g/mol. The van der Waals surface area contributed by atoms with Crippen molar-refractivity contribution in [3.05, 3.63) is 52.9 Å². The molecule has 0 spiro atoms. The Balaban J connectivity index is 0.00000306. The van der Waals surface area contributed by atoms with Crippen LogP contribution in [0.1, 0.15) is 35.4 Å². The molecular weight excluding hydrogens is 527 g/mol. The Bertz CT molecular complexity index is 867. The molecule has 1 aromatic carbocycles. The van der Waals surface area contributed by atoms with E-state index in [2.05, 4.69) is 61.4 Å². The van der Waals surface area contributed by atoms with Crippen molar-refractivity contribution in [2.45, 2.75) is 39.8 Å². The smallest absolute Gasteiger partial charge is 0.193 e. The number of guanidine groups is 1.